The van der Waals surface area contributed by atoms with Crippen LogP contribution >= 0.6 is 0 Å². The van der Waals surface area contributed by atoms with Crippen molar-refractivity contribution in [1.29, 1.82) is 0 Å². The molecule has 0 aliphatic carbocycles. The van der Waals surface area contributed by atoms with Gasteiger partial charge in [-0.05, 0) is 31.9 Å². The fourth-order valence-corrected chi connectivity index (χ4v) is 2.80. The van der Waals surface area contributed by atoms with E-state index in [0.29, 0.717) is 13.1 Å². The van der Waals surface area contributed by atoms with Crippen molar-refractivity contribution in [1.82, 2.24) is 4.90 Å². The lowest BCUT2D eigenvalue weighted by molar-refractivity contribution is 0.00290. The minimum absolute atomic E-state index is 0.112. The average molecular weight is 313 g/mol. The topological polar surface area (TPSA) is 43.7 Å². The van der Waals surface area contributed by atoms with E-state index in [1.165, 1.54) is 5.56 Å². The summed E-state index contributed by atoms with van der Waals surface area (Å²) >= 11 is 0. The Hall–Kier alpha value is -1.68. The average Bonchev–Trinajstić information content (AvgIpc) is 2.54. The summed E-state index contributed by atoms with van der Waals surface area (Å²) < 4.78 is 0. The fourth-order valence-electron chi connectivity index (χ4n) is 2.80. The molecule has 0 aliphatic heterocycles. The van der Waals surface area contributed by atoms with Gasteiger partial charge >= 0.3 is 0 Å². The summed E-state index contributed by atoms with van der Waals surface area (Å²) in [6, 6.07) is 20.0. The summed E-state index contributed by atoms with van der Waals surface area (Å²) in [5.41, 5.74) is 1.25. The van der Waals surface area contributed by atoms with Gasteiger partial charge in [-0.2, -0.15) is 0 Å². The smallest absolute Gasteiger partial charge is 0.0917 e. The predicted molar refractivity (Wildman–Crippen MR) is 94.1 cm³/mol. The molecule has 0 unspecified atom stereocenters. The first-order valence-corrected chi connectivity index (χ1v) is 8.11. The second-order valence-corrected chi connectivity index (χ2v) is 6.76. The third-order valence-corrected chi connectivity index (χ3v) is 4.01. The minimum Gasteiger partial charge on any atom is -0.389 e. The highest BCUT2D eigenvalue weighted by Gasteiger charge is 2.25. The molecule has 0 saturated heterocycles. The van der Waals surface area contributed by atoms with E-state index in [4.69, 9.17) is 0 Å². The Labute approximate surface area is 139 Å². The van der Waals surface area contributed by atoms with Crippen LogP contribution < -0.4 is 0 Å². The van der Waals surface area contributed by atoms with E-state index >= 15 is 0 Å². The summed E-state index contributed by atoms with van der Waals surface area (Å²) in [5, 5.41) is 20.8. The molecule has 2 N–H and O–H groups in total. The number of hydrogen-bond acceptors (Lipinski definition) is 3. The van der Waals surface area contributed by atoms with E-state index in [9.17, 15) is 10.2 Å². The molecule has 0 heterocycles. The summed E-state index contributed by atoms with van der Waals surface area (Å²) in [5.74, 6) is 0. The van der Waals surface area contributed by atoms with E-state index in [0.717, 1.165) is 5.56 Å². The summed E-state index contributed by atoms with van der Waals surface area (Å²) in [6.45, 7) is 6.68. The lowest BCUT2D eigenvalue weighted by atomic mass is 10.0. The lowest BCUT2D eigenvalue weighted by Crippen LogP contribution is -2.42. The fraction of sp³-hybridized carbons (Fsp3) is 0.400. The summed E-state index contributed by atoms with van der Waals surface area (Å²) in [7, 11) is 0. The second-order valence-electron chi connectivity index (χ2n) is 6.76. The number of aliphatic hydroxyl groups excluding tert-OH is 1. The van der Waals surface area contributed by atoms with Crippen LogP contribution in [0.3, 0.4) is 0 Å². The number of nitrogens with zero attached hydrogens (tertiary/aromatic N) is 1. The van der Waals surface area contributed by atoms with Crippen molar-refractivity contribution in [3.8, 4) is 0 Å². The number of hydrogen-bond donors (Lipinski definition) is 2. The molecule has 3 heteroatoms. The molecule has 2 rings (SSSR count). The molecule has 0 fully saturated rings. The quantitative estimate of drug-likeness (QED) is 0.821. The van der Waals surface area contributed by atoms with E-state index in [2.05, 4.69) is 24.0 Å². The maximum absolute atomic E-state index is 10.6. The molecule has 0 bridgehead atoms. The van der Waals surface area contributed by atoms with Gasteiger partial charge in [0.05, 0.1) is 11.7 Å². The molecular formula is C20H27NO2. The molecule has 2 atom stereocenters. The Morgan fingerprint density at radius 2 is 1.39 bits per heavy atom. The van der Waals surface area contributed by atoms with Gasteiger partial charge in [-0.3, -0.25) is 4.90 Å². The molecule has 23 heavy (non-hydrogen) atoms. The molecule has 0 amide bonds. The second kappa shape index (κ2) is 7.73. The zero-order valence-electron chi connectivity index (χ0n) is 14.2. The largest absolute Gasteiger partial charge is 0.389 e. The molecule has 0 radical (unpaired) electrons. The maximum atomic E-state index is 10.6. The Kier molecular flexibility index (Phi) is 5.94. The molecule has 0 aromatic heterocycles. The van der Waals surface area contributed by atoms with Gasteiger partial charge in [-0.1, -0.05) is 60.7 Å². The van der Waals surface area contributed by atoms with Crippen LogP contribution in [0.2, 0.25) is 0 Å². The van der Waals surface area contributed by atoms with Gasteiger partial charge in [0.1, 0.15) is 0 Å². The third kappa shape index (κ3) is 5.47. The summed E-state index contributed by atoms with van der Waals surface area (Å²) in [4.78, 5) is 2.13. The van der Waals surface area contributed by atoms with Crippen molar-refractivity contribution in [2.24, 2.45) is 0 Å². The molecule has 2 aromatic rings. The Morgan fingerprint density at radius 1 is 0.913 bits per heavy atom. The zero-order valence-corrected chi connectivity index (χ0v) is 14.2. The minimum atomic E-state index is -0.820. The first kappa shape index (κ1) is 17.7. The molecule has 2 aromatic carbocycles. The van der Waals surface area contributed by atoms with Crippen molar-refractivity contribution < 1.29 is 10.2 Å². The van der Waals surface area contributed by atoms with Crippen LogP contribution in [0.4, 0.5) is 0 Å². The van der Waals surface area contributed by atoms with Crippen LogP contribution in [-0.2, 0) is 0 Å². The predicted octanol–water partition coefficient (Wildman–Crippen LogP) is 3.55. The molecular weight excluding hydrogens is 286 g/mol. The molecule has 3 nitrogen and oxygen atoms in total. The molecule has 0 aliphatic rings. The van der Waals surface area contributed by atoms with E-state index in [-0.39, 0.29) is 6.04 Å². The Balaban J connectivity index is 2.17. The molecule has 124 valence electrons. The van der Waals surface area contributed by atoms with Crippen molar-refractivity contribution in [2.45, 2.75) is 38.5 Å². The van der Waals surface area contributed by atoms with Gasteiger partial charge in [-0.25, -0.2) is 0 Å². The lowest BCUT2D eigenvalue weighted by Gasteiger charge is -2.35. The van der Waals surface area contributed by atoms with E-state index < -0.39 is 11.7 Å². The Bertz CT molecular complexity index is 578. The van der Waals surface area contributed by atoms with Crippen molar-refractivity contribution >= 4 is 0 Å². The SMILES string of the molecule is C[C@@H](c1ccccc1)N(C[C@H](O)c1ccccc1)CC(C)(C)O. The van der Waals surface area contributed by atoms with Crippen LogP contribution in [0.15, 0.2) is 60.7 Å². The van der Waals surface area contributed by atoms with Gasteiger partial charge in [0, 0.05) is 19.1 Å². The molecule has 0 spiro atoms. The van der Waals surface area contributed by atoms with Crippen LogP contribution in [0.1, 0.15) is 44.0 Å². The van der Waals surface area contributed by atoms with E-state index in [1.807, 2.05) is 48.5 Å². The maximum Gasteiger partial charge on any atom is 0.0917 e. The van der Waals surface area contributed by atoms with Crippen LogP contribution in [0.5, 0.6) is 0 Å². The van der Waals surface area contributed by atoms with Crippen molar-refractivity contribution in [3.05, 3.63) is 71.8 Å². The zero-order chi connectivity index (χ0) is 16.9. The van der Waals surface area contributed by atoms with Crippen molar-refractivity contribution in [2.75, 3.05) is 13.1 Å². The monoisotopic (exact) mass is 313 g/mol. The third-order valence-electron chi connectivity index (χ3n) is 4.01. The first-order valence-electron chi connectivity index (χ1n) is 8.11. The van der Waals surface area contributed by atoms with E-state index in [1.54, 1.807) is 13.8 Å². The van der Waals surface area contributed by atoms with Crippen LogP contribution in [0, 0.1) is 0 Å². The van der Waals surface area contributed by atoms with Gasteiger partial charge in [0.15, 0.2) is 0 Å². The summed E-state index contributed by atoms with van der Waals surface area (Å²) in [6.07, 6.45) is -0.579. The van der Waals surface area contributed by atoms with Crippen molar-refractivity contribution in [3.63, 3.8) is 0 Å². The highest BCUT2D eigenvalue weighted by atomic mass is 16.3. The van der Waals surface area contributed by atoms with Gasteiger partial charge < -0.3 is 10.2 Å². The standard InChI is InChI=1S/C20H27NO2/c1-16(17-10-6-4-7-11-17)21(15-20(2,3)23)14-19(22)18-12-8-5-9-13-18/h4-13,16,19,22-23H,14-15H2,1-3H3/t16-,19-/m0/s1. The number of aliphatic hydroxyl groups is 2. The van der Waals surface area contributed by atoms with Gasteiger partial charge in [0.2, 0.25) is 0 Å². The number of benzene rings is 2. The normalized spacial score (nSPS) is 14.7. The van der Waals surface area contributed by atoms with Gasteiger partial charge in [-0.15, -0.1) is 0 Å². The van der Waals surface area contributed by atoms with Crippen LogP contribution in [0.25, 0.3) is 0 Å². The molecule has 0 saturated carbocycles. The Morgan fingerprint density at radius 3 is 1.87 bits per heavy atom. The highest BCUT2D eigenvalue weighted by molar-refractivity contribution is 5.20. The highest BCUT2D eigenvalue weighted by Crippen LogP contribution is 2.25. The first-order chi connectivity index (χ1) is 10.9. The van der Waals surface area contributed by atoms with Crippen LogP contribution in [-0.4, -0.2) is 33.8 Å². The van der Waals surface area contributed by atoms with Gasteiger partial charge in [0.25, 0.3) is 0 Å². The number of rotatable bonds is 7.